The zero-order valence-corrected chi connectivity index (χ0v) is 13.4. The summed E-state index contributed by atoms with van der Waals surface area (Å²) in [6.07, 6.45) is 0.484. The normalized spacial score (nSPS) is 11.8. The van der Waals surface area contributed by atoms with Crippen LogP contribution in [0.4, 0.5) is 5.69 Å². The minimum atomic E-state index is 0.0991. The number of anilines is 1. The fourth-order valence-electron chi connectivity index (χ4n) is 2.15. The van der Waals surface area contributed by atoms with Crippen molar-refractivity contribution in [3.05, 3.63) is 51.1 Å². The second-order valence-corrected chi connectivity index (χ2v) is 6.21. The molecule has 2 N–H and O–H groups in total. The molecule has 0 saturated carbocycles. The fourth-order valence-corrected chi connectivity index (χ4v) is 3.73. The van der Waals surface area contributed by atoms with E-state index in [0.717, 1.165) is 10.2 Å². The largest absolute Gasteiger partial charge is 0.361 e. The highest BCUT2D eigenvalue weighted by Crippen LogP contribution is 2.32. The Morgan fingerprint density at radius 3 is 2.65 bits per heavy atom. The van der Waals surface area contributed by atoms with Gasteiger partial charge in [0.25, 0.3) is 0 Å². The molecule has 0 amide bonds. The Morgan fingerprint density at radius 2 is 2.10 bits per heavy atom. The van der Waals surface area contributed by atoms with Gasteiger partial charge in [0.2, 0.25) is 0 Å². The van der Waals surface area contributed by atoms with E-state index in [9.17, 15) is 0 Å². The molecule has 0 bridgehead atoms. The molecule has 0 fully saturated rings. The molecule has 0 aliphatic carbocycles. The van der Waals surface area contributed by atoms with E-state index in [1.807, 2.05) is 18.2 Å². The summed E-state index contributed by atoms with van der Waals surface area (Å²) in [6, 6.07) is 14.5. The molecule has 1 heterocycles. The second-order valence-electron chi connectivity index (χ2n) is 4.36. The van der Waals surface area contributed by atoms with E-state index in [1.54, 1.807) is 11.3 Å². The Labute approximate surface area is 131 Å². The first kappa shape index (κ1) is 15.0. The lowest BCUT2D eigenvalue weighted by molar-refractivity contribution is 0.640. The van der Waals surface area contributed by atoms with Crippen molar-refractivity contribution in [2.45, 2.75) is 12.5 Å². The van der Waals surface area contributed by atoms with Crippen LogP contribution in [0.15, 0.2) is 46.3 Å². The molecule has 3 nitrogen and oxygen atoms in total. The summed E-state index contributed by atoms with van der Waals surface area (Å²) >= 11 is 5.17. The maximum Gasteiger partial charge on any atom is 0.0757 e. The summed E-state index contributed by atoms with van der Waals surface area (Å²) in [7, 11) is 0. The number of hydrogen-bond donors (Lipinski definition) is 1. The standard InChI is InChI=1S/C15H16BrN3S/c16-12-9-15(20-11-12)14(10-18)19(8-4-7-17)13-5-2-1-3-6-13/h1-3,5-6,9,11,14H,4,8,10,18H2. The number of thiophene rings is 1. The minimum absolute atomic E-state index is 0.0991. The first-order valence-corrected chi connectivity index (χ1v) is 8.06. The predicted octanol–water partition coefficient (Wildman–Crippen LogP) is 3.93. The van der Waals surface area contributed by atoms with Crippen molar-refractivity contribution in [2.24, 2.45) is 5.73 Å². The Kier molecular flexibility index (Phi) is 5.60. The molecule has 0 aliphatic rings. The number of nitrogens with two attached hydrogens (primary N) is 1. The van der Waals surface area contributed by atoms with Crippen molar-refractivity contribution < 1.29 is 0 Å². The SMILES string of the molecule is N#CCCN(c1ccccc1)C(CN)c1cc(Br)cs1. The second kappa shape index (κ2) is 7.44. The first-order chi connectivity index (χ1) is 9.76. The van der Waals surface area contributed by atoms with Crippen molar-refractivity contribution in [3.8, 4) is 6.07 Å². The molecule has 5 heteroatoms. The van der Waals surface area contributed by atoms with Crippen molar-refractivity contribution in [3.63, 3.8) is 0 Å². The van der Waals surface area contributed by atoms with Crippen LogP contribution in [0, 0.1) is 11.3 Å². The lowest BCUT2D eigenvalue weighted by atomic mass is 10.1. The molecule has 0 saturated heterocycles. The lowest BCUT2D eigenvalue weighted by Crippen LogP contribution is -2.34. The van der Waals surface area contributed by atoms with E-state index >= 15 is 0 Å². The topological polar surface area (TPSA) is 53.0 Å². The molecule has 2 aromatic rings. The summed E-state index contributed by atoms with van der Waals surface area (Å²) < 4.78 is 1.07. The molecule has 20 heavy (non-hydrogen) atoms. The van der Waals surface area contributed by atoms with E-state index in [2.05, 4.69) is 50.5 Å². The molecule has 2 rings (SSSR count). The Balaban J connectivity index is 2.31. The van der Waals surface area contributed by atoms with Crippen LogP contribution in [0.1, 0.15) is 17.3 Å². The van der Waals surface area contributed by atoms with Crippen LogP contribution in [0.25, 0.3) is 0 Å². The third kappa shape index (κ3) is 3.60. The fraction of sp³-hybridized carbons (Fsp3) is 0.267. The van der Waals surface area contributed by atoms with Crippen LogP contribution in [-0.2, 0) is 0 Å². The zero-order valence-electron chi connectivity index (χ0n) is 11.0. The highest BCUT2D eigenvalue weighted by atomic mass is 79.9. The molecular formula is C15H16BrN3S. The molecule has 0 radical (unpaired) electrons. The summed E-state index contributed by atoms with van der Waals surface area (Å²) in [5.41, 5.74) is 7.09. The summed E-state index contributed by atoms with van der Waals surface area (Å²) in [4.78, 5) is 3.42. The van der Waals surface area contributed by atoms with Crippen molar-refractivity contribution >= 4 is 33.0 Å². The molecule has 0 aliphatic heterocycles. The van der Waals surface area contributed by atoms with E-state index in [1.165, 1.54) is 4.88 Å². The third-order valence-electron chi connectivity index (χ3n) is 3.07. The summed E-state index contributed by atoms with van der Waals surface area (Å²) in [6.45, 7) is 1.20. The Bertz CT molecular complexity index is 576. The molecular weight excluding hydrogens is 334 g/mol. The smallest absolute Gasteiger partial charge is 0.0757 e. The number of hydrogen-bond acceptors (Lipinski definition) is 4. The highest BCUT2D eigenvalue weighted by Gasteiger charge is 2.20. The Morgan fingerprint density at radius 1 is 1.35 bits per heavy atom. The quantitative estimate of drug-likeness (QED) is 0.859. The van der Waals surface area contributed by atoms with Gasteiger partial charge in [0.05, 0.1) is 18.5 Å². The number of para-hydroxylation sites is 1. The van der Waals surface area contributed by atoms with Gasteiger partial charge < -0.3 is 10.6 Å². The van der Waals surface area contributed by atoms with Gasteiger partial charge in [-0.25, -0.2) is 0 Å². The minimum Gasteiger partial charge on any atom is -0.361 e. The molecule has 1 aromatic heterocycles. The molecule has 1 atom stereocenters. The summed E-state index contributed by atoms with van der Waals surface area (Å²) in [5, 5.41) is 10.9. The van der Waals surface area contributed by atoms with E-state index in [-0.39, 0.29) is 6.04 Å². The van der Waals surface area contributed by atoms with Gasteiger partial charge in [-0.05, 0) is 34.1 Å². The maximum absolute atomic E-state index is 8.88. The van der Waals surface area contributed by atoms with Gasteiger partial charge in [-0.3, -0.25) is 0 Å². The molecule has 0 spiro atoms. The summed E-state index contributed by atoms with van der Waals surface area (Å²) in [5.74, 6) is 0. The molecule has 104 valence electrons. The van der Waals surface area contributed by atoms with Crippen LogP contribution in [-0.4, -0.2) is 13.1 Å². The number of nitrogens with zero attached hydrogens (tertiary/aromatic N) is 2. The van der Waals surface area contributed by atoms with Crippen molar-refractivity contribution in [1.29, 1.82) is 5.26 Å². The first-order valence-electron chi connectivity index (χ1n) is 6.39. The highest BCUT2D eigenvalue weighted by molar-refractivity contribution is 9.10. The monoisotopic (exact) mass is 349 g/mol. The molecule has 1 unspecified atom stereocenters. The number of halogens is 1. The van der Waals surface area contributed by atoms with Gasteiger partial charge >= 0.3 is 0 Å². The number of nitriles is 1. The maximum atomic E-state index is 8.88. The number of benzene rings is 1. The average Bonchev–Trinajstić information content (AvgIpc) is 2.90. The van der Waals surface area contributed by atoms with Gasteiger partial charge in [0.1, 0.15) is 0 Å². The van der Waals surface area contributed by atoms with Crippen LogP contribution < -0.4 is 10.6 Å². The van der Waals surface area contributed by atoms with Crippen molar-refractivity contribution in [2.75, 3.05) is 18.0 Å². The van der Waals surface area contributed by atoms with Crippen LogP contribution in [0.3, 0.4) is 0 Å². The van der Waals surface area contributed by atoms with Crippen LogP contribution in [0.5, 0.6) is 0 Å². The predicted molar refractivity (Wildman–Crippen MR) is 87.8 cm³/mol. The number of rotatable bonds is 6. The third-order valence-corrected chi connectivity index (χ3v) is 4.86. The van der Waals surface area contributed by atoms with Gasteiger partial charge in [-0.2, -0.15) is 5.26 Å². The molecule has 1 aromatic carbocycles. The van der Waals surface area contributed by atoms with Crippen LogP contribution in [0.2, 0.25) is 0 Å². The van der Waals surface area contributed by atoms with Gasteiger partial charge in [0.15, 0.2) is 0 Å². The van der Waals surface area contributed by atoms with Gasteiger partial charge in [-0.1, -0.05) is 18.2 Å². The van der Waals surface area contributed by atoms with E-state index in [0.29, 0.717) is 19.5 Å². The average molecular weight is 350 g/mol. The van der Waals surface area contributed by atoms with Crippen molar-refractivity contribution in [1.82, 2.24) is 0 Å². The van der Waals surface area contributed by atoms with Gasteiger partial charge in [0, 0.05) is 33.5 Å². The lowest BCUT2D eigenvalue weighted by Gasteiger charge is -2.32. The van der Waals surface area contributed by atoms with Crippen LogP contribution >= 0.6 is 27.3 Å². The van der Waals surface area contributed by atoms with E-state index in [4.69, 9.17) is 11.0 Å². The Hall–Kier alpha value is -1.35. The van der Waals surface area contributed by atoms with Gasteiger partial charge in [-0.15, -0.1) is 11.3 Å². The van der Waals surface area contributed by atoms with E-state index < -0.39 is 0 Å². The zero-order chi connectivity index (χ0) is 14.4.